The number of fused-ring (bicyclic) bond motifs is 1. The standard InChI is InChI=1S/C22H14N2O3S2/c25-21-19(29-22(26)24(21)13-14-6-2-1-3-7-14)12-15-10-11-17(27-15)20-23-16-8-4-5-9-18(16)28-20/h1-12H,13H2/b19-12-. The number of carbonyl (C=O) groups is 2. The summed E-state index contributed by atoms with van der Waals surface area (Å²) in [5.41, 5.74) is 1.83. The van der Waals surface area contributed by atoms with Crippen molar-refractivity contribution in [3.8, 4) is 10.8 Å². The van der Waals surface area contributed by atoms with E-state index in [1.165, 1.54) is 4.90 Å². The Labute approximate surface area is 174 Å². The van der Waals surface area contributed by atoms with Crippen molar-refractivity contribution in [2.24, 2.45) is 0 Å². The molecule has 1 aliphatic rings. The van der Waals surface area contributed by atoms with E-state index in [0.29, 0.717) is 16.4 Å². The van der Waals surface area contributed by atoms with Crippen molar-refractivity contribution in [2.75, 3.05) is 0 Å². The van der Waals surface area contributed by atoms with Crippen LogP contribution in [0, 0.1) is 0 Å². The molecule has 5 rings (SSSR count). The highest BCUT2D eigenvalue weighted by atomic mass is 32.2. The topological polar surface area (TPSA) is 63.4 Å². The summed E-state index contributed by atoms with van der Waals surface area (Å²) < 4.78 is 6.96. The molecule has 4 aromatic rings. The van der Waals surface area contributed by atoms with Gasteiger partial charge < -0.3 is 4.42 Å². The van der Waals surface area contributed by atoms with Crippen molar-refractivity contribution in [3.05, 3.63) is 83.0 Å². The minimum absolute atomic E-state index is 0.262. The molecule has 1 aliphatic heterocycles. The number of imide groups is 1. The second-order valence-corrected chi connectivity index (χ2v) is 8.47. The zero-order valence-electron chi connectivity index (χ0n) is 15.1. The maximum Gasteiger partial charge on any atom is 0.293 e. The Hall–Kier alpha value is -3.16. The number of hydrogen-bond donors (Lipinski definition) is 0. The lowest BCUT2D eigenvalue weighted by atomic mass is 10.2. The number of benzene rings is 2. The van der Waals surface area contributed by atoms with Crippen LogP contribution >= 0.6 is 23.1 Å². The molecule has 0 saturated carbocycles. The number of hydrogen-bond acceptors (Lipinski definition) is 6. The minimum atomic E-state index is -0.304. The quantitative estimate of drug-likeness (QED) is 0.392. The highest BCUT2D eigenvalue weighted by Gasteiger charge is 2.35. The molecule has 7 heteroatoms. The molecule has 2 amide bonds. The normalized spacial score (nSPS) is 15.7. The fourth-order valence-corrected chi connectivity index (χ4v) is 4.80. The number of aromatic nitrogens is 1. The van der Waals surface area contributed by atoms with Gasteiger partial charge in [-0.15, -0.1) is 11.3 Å². The average Bonchev–Trinajstić information content (AvgIpc) is 3.43. The highest BCUT2D eigenvalue weighted by molar-refractivity contribution is 8.18. The van der Waals surface area contributed by atoms with Gasteiger partial charge in [0.25, 0.3) is 11.1 Å². The Morgan fingerprint density at radius 3 is 2.59 bits per heavy atom. The molecule has 1 saturated heterocycles. The molecule has 0 atom stereocenters. The minimum Gasteiger partial charge on any atom is -0.454 e. The van der Waals surface area contributed by atoms with Crippen molar-refractivity contribution < 1.29 is 14.0 Å². The van der Waals surface area contributed by atoms with Gasteiger partial charge in [-0.3, -0.25) is 14.5 Å². The molecule has 2 aromatic heterocycles. The number of furan rings is 1. The van der Waals surface area contributed by atoms with Gasteiger partial charge in [-0.2, -0.15) is 0 Å². The van der Waals surface area contributed by atoms with Gasteiger partial charge >= 0.3 is 0 Å². The average molecular weight is 418 g/mol. The van der Waals surface area contributed by atoms with Crippen molar-refractivity contribution in [3.63, 3.8) is 0 Å². The molecule has 0 N–H and O–H groups in total. The molecule has 29 heavy (non-hydrogen) atoms. The second-order valence-electron chi connectivity index (χ2n) is 6.44. The number of nitrogens with zero attached hydrogens (tertiary/aromatic N) is 2. The number of rotatable bonds is 4. The van der Waals surface area contributed by atoms with Crippen LogP contribution in [0.3, 0.4) is 0 Å². The van der Waals surface area contributed by atoms with Crippen LogP contribution < -0.4 is 0 Å². The summed E-state index contributed by atoms with van der Waals surface area (Å²) >= 11 is 2.48. The number of thiazole rings is 1. The number of carbonyl (C=O) groups excluding carboxylic acids is 2. The first-order valence-corrected chi connectivity index (χ1v) is 10.6. The Morgan fingerprint density at radius 1 is 0.966 bits per heavy atom. The number of thioether (sulfide) groups is 1. The third-order valence-electron chi connectivity index (χ3n) is 4.46. The Bertz CT molecular complexity index is 1220. The molecule has 142 valence electrons. The first-order chi connectivity index (χ1) is 14.2. The van der Waals surface area contributed by atoms with Crippen LogP contribution in [0.2, 0.25) is 0 Å². The Balaban J connectivity index is 1.38. The third-order valence-corrected chi connectivity index (χ3v) is 6.42. The van der Waals surface area contributed by atoms with E-state index in [1.807, 2.05) is 60.7 Å². The van der Waals surface area contributed by atoms with E-state index >= 15 is 0 Å². The third kappa shape index (κ3) is 3.50. The van der Waals surface area contributed by atoms with Crippen LogP contribution in [0.1, 0.15) is 11.3 Å². The summed E-state index contributed by atoms with van der Waals surface area (Å²) in [6, 6.07) is 21.0. The molecular formula is C22H14N2O3S2. The summed E-state index contributed by atoms with van der Waals surface area (Å²) in [5, 5.41) is 0.506. The lowest BCUT2D eigenvalue weighted by Gasteiger charge is -2.11. The molecule has 0 radical (unpaired) electrons. The lowest BCUT2D eigenvalue weighted by molar-refractivity contribution is -0.123. The van der Waals surface area contributed by atoms with Gasteiger partial charge in [0, 0.05) is 6.08 Å². The summed E-state index contributed by atoms with van der Waals surface area (Å²) in [4.78, 5) is 31.2. The number of para-hydroxylation sites is 1. The first-order valence-electron chi connectivity index (χ1n) is 8.92. The monoisotopic (exact) mass is 418 g/mol. The highest BCUT2D eigenvalue weighted by Crippen LogP contribution is 2.35. The van der Waals surface area contributed by atoms with Crippen molar-refractivity contribution in [1.82, 2.24) is 9.88 Å². The smallest absolute Gasteiger partial charge is 0.293 e. The van der Waals surface area contributed by atoms with Crippen LogP contribution in [0.25, 0.3) is 27.1 Å². The molecule has 0 bridgehead atoms. The van der Waals surface area contributed by atoms with E-state index in [-0.39, 0.29) is 17.7 Å². The van der Waals surface area contributed by atoms with Crippen LogP contribution in [0.4, 0.5) is 4.79 Å². The largest absolute Gasteiger partial charge is 0.454 e. The van der Waals surface area contributed by atoms with Gasteiger partial charge in [0.2, 0.25) is 0 Å². The van der Waals surface area contributed by atoms with E-state index in [9.17, 15) is 9.59 Å². The SMILES string of the molecule is O=C1S/C(=C\c2ccc(-c3nc4ccccc4s3)o2)C(=O)N1Cc1ccccc1. The molecule has 5 nitrogen and oxygen atoms in total. The number of amides is 2. The summed E-state index contributed by atoms with van der Waals surface area (Å²) in [6.07, 6.45) is 1.62. The van der Waals surface area contributed by atoms with Crippen molar-refractivity contribution >= 4 is 50.5 Å². The molecule has 3 heterocycles. The molecule has 2 aromatic carbocycles. The fraction of sp³-hybridized carbons (Fsp3) is 0.0455. The fourth-order valence-electron chi connectivity index (χ4n) is 3.05. The van der Waals surface area contributed by atoms with Gasteiger partial charge in [0.15, 0.2) is 10.8 Å². The van der Waals surface area contributed by atoms with Gasteiger partial charge in [-0.25, -0.2) is 4.98 Å². The summed E-state index contributed by atoms with van der Waals surface area (Å²) in [5.74, 6) is 0.854. The van der Waals surface area contributed by atoms with Gasteiger partial charge in [0.05, 0.1) is 21.7 Å². The molecule has 1 fully saturated rings. The van der Waals surface area contributed by atoms with Crippen molar-refractivity contribution in [1.29, 1.82) is 0 Å². The predicted molar refractivity (Wildman–Crippen MR) is 115 cm³/mol. The molecule has 0 aliphatic carbocycles. The van der Waals surface area contributed by atoms with E-state index in [4.69, 9.17) is 4.42 Å². The van der Waals surface area contributed by atoms with Crippen molar-refractivity contribution in [2.45, 2.75) is 6.54 Å². The molecule has 0 spiro atoms. The summed E-state index contributed by atoms with van der Waals surface area (Å²) in [7, 11) is 0. The zero-order valence-corrected chi connectivity index (χ0v) is 16.7. The zero-order chi connectivity index (χ0) is 19.8. The van der Waals surface area contributed by atoms with E-state index in [2.05, 4.69) is 4.98 Å². The maximum atomic E-state index is 12.7. The maximum absolute atomic E-state index is 12.7. The van der Waals surface area contributed by atoms with E-state index in [0.717, 1.165) is 32.5 Å². The predicted octanol–water partition coefficient (Wildman–Crippen LogP) is 5.79. The van der Waals surface area contributed by atoms with Gasteiger partial charge in [-0.1, -0.05) is 42.5 Å². The van der Waals surface area contributed by atoms with E-state index < -0.39 is 0 Å². The van der Waals surface area contributed by atoms with Crippen LogP contribution in [0.15, 0.2) is 76.1 Å². The van der Waals surface area contributed by atoms with Crippen LogP contribution in [0.5, 0.6) is 0 Å². The Morgan fingerprint density at radius 2 is 1.76 bits per heavy atom. The molecule has 0 unspecified atom stereocenters. The molecular weight excluding hydrogens is 404 g/mol. The first kappa shape index (κ1) is 17.9. The summed E-state index contributed by atoms with van der Waals surface area (Å²) in [6.45, 7) is 0.262. The van der Waals surface area contributed by atoms with Crippen LogP contribution in [-0.2, 0) is 11.3 Å². The van der Waals surface area contributed by atoms with Gasteiger partial charge in [-0.05, 0) is 41.6 Å². The second kappa shape index (κ2) is 7.35. The van der Waals surface area contributed by atoms with Gasteiger partial charge in [0.1, 0.15) is 5.76 Å². The Kier molecular flexibility index (Phi) is 4.54. The lowest BCUT2D eigenvalue weighted by Crippen LogP contribution is -2.27. The van der Waals surface area contributed by atoms with E-state index in [1.54, 1.807) is 23.5 Å². The van der Waals surface area contributed by atoms with Crippen LogP contribution in [-0.4, -0.2) is 21.0 Å².